The molecule has 1 amide bonds. The zero-order chi connectivity index (χ0) is 18.4. The van der Waals surface area contributed by atoms with E-state index in [2.05, 4.69) is 11.1 Å². The molecule has 0 unspecified atom stereocenters. The number of ether oxygens (including phenoxy) is 1. The van der Waals surface area contributed by atoms with Crippen molar-refractivity contribution in [3.8, 4) is 11.8 Å². The second-order valence-corrected chi connectivity index (χ2v) is 5.84. The summed E-state index contributed by atoms with van der Waals surface area (Å²) in [7, 11) is 1.60. The molecule has 1 aromatic carbocycles. The molecule has 0 saturated carbocycles. The van der Waals surface area contributed by atoms with Crippen LogP contribution in [0.25, 0.3) is 11.0 Å². The molecule has 3 aromatic rings. The van der Waals surface area contributed by atoms with Crippen LogP contribution in [0, 0.1) is 11.3 Å². The van der Waals surface area contributed by atoms with Crippen LogP contribution in [-0.4, -0.2) is 29.4 Å². The van der Waals surface area contributed by atoms with Gasteiger partial charge in [0.25, 0.3) is 0 Å². The first-order valence-corrected chi connectivity index (χ1v) is 8.30. The molecule has 0 aliphatic heterocycles. The number of nitriles is 1. The van der Waals surface area contributed by atoms with E-state index in [0.29, 0.717) is 24.4 Å². The number of benzene rings is 1. The molecule has 0 fully saturated rings. The molecular formula is C20H19N3O3. The average Bonchev–Trinajstić information content (AvgIpc) is 3.07. The lowest BCUT2D eigenvalue weighted by Gasteiger charge is -2.21. The summed E-state index contributed by atoms with van der Waals surface area (Å²) in [4.78, 5) is 18.7. The molecule has 0 spiro atoms. The fourth-order valence-electron chi connectivity index (χ4n) is 2.77. The van der Waals surface area contributed by atoms with E-state index in [-0.39, 0.29) is 18.7 Å². The van der Waals surface area contributed by atoms with Crippen LogP contribution in [0.15, 0.2) is 53.3 Å². The normalized spacial score (nSPS) is 10.5. The number of pyridine rings is 1. The van der Waals surface area contributed by atoms with E-state index < -0.39 is 0 Å². The first kappa shape index (κ1) is 17.5. The number of nitrogens with zero attached hydrogens (tertiary/aromatic N) is 3. The number of carbonyl (C=O) groups excluding carboxylic acids is 1. The van der Waals surface area contributed by atoms with Crippen LogP contribution in [0.1, 0.15) is 17.7 Å². The third-order valence-electron chi connectivity index (χ3n) is 4.13. The van der Waals surface area contributed by atoms with Gasteiger partial charge in [0, 0.05) is 29.8 Å². The van der Waals surface area contributed by atoms with E-state index in [4.69, 9.17) is 14.4 Å². The lowest BCUT2D eigenvalue weighted by atomic mass is 10.1. The summed E-state index contributed by atoms with van der Waals surface area (Å²) in [6, 6.07) is 13.2. The van der Waals surface area contributed by atoms with Gasteiger partial charge in [0.05, 0.1) is 44.5 Å². The summed E-state index contributed by atoms with van der Waals surface area (Å²) < 4.78 is 10.7. The number of methoxy groups -OCH3 is 1. The van der Waals surface area contributed by atoms with Crippen molar-refractivity contribution in [1.29, 1.82) is 5.26 Å². The van der Waals surface area contributed by atoms with Crippen molar-refractivity contribution in [2.75, 3.05) is 13.7 Å². The fraction of sp³-hybridized carbons (Fsp3) is 0.250. The Morgan fingerprint density at radius 2 is 2.23 bits per heavy atom. The molecule has 0 radical (unpaired) electrons. The van der Waals surface area contributed by atoms with Crippen molar-refractivity contribution in [2.24, 2.45) is 0 Å². The third kappa shape index (κ3) is 4.01. The molecule has 0 N–H and O–H groups in total. The Hall–Kier alpha value is -3.33. The highest BCUT2D eigenvalue weighted by Gasteiger charge is 2.18. The molecule has 0 bridgehead atoms. The van der Waals surface area contributed by atoms with E-state index >= 15 is 0 Å². The topological polar surface area (TPSA) is 79.4 Å². The zero-order valence-corrected chi connectivity index (χ0v) is 14.5. The summed E-state index contributed by atoms with van der Waals surface area (Å²) in [5, 5.41) is 9.77. The van der Waals surface area contributed by atoms with Gasteiger partial charge in [-0.15, -0.1) is 0 Å². The molecule has 2 heterocycles. The van der Waals surface area contributed by atoms with E-state index in [1.165, 1.54) is 0 Å². The molecule has 0 atom stereocenters. The summed E-state index contributed by atoms with van der Waals surface area (Å²) in [6.07, 6.45) is 3.78. The molecular weight excluding hydrogens is 330 g/mol. The van der Waals surface area contributed by atoms with Crippen molar-refractivity contribution < 1.29 is 13.9 Å². The van der Waals surface area contributed by atoms with Crippen LogP contribution in [0.4, 0.5) is 0 Å². The molecule has 0 aliphatic rings. The highest BCUT2D eigenvalue weighted by atomic mass is 16.5. The van der Waals surface area contributed by atoms with Crippen LogP contribution in [0.3, 0.4) is 0 Å². The van der Waals surface area contributed by atoms with E-state index in [9.17, 15) is 4.79 Å². The Bertz CT molecular complexity index is 928. The number of amides is 1. The summed E-state index contributed by atoms with van der Waals surface area (Å²) in [5.74, 6) is 0.639. The maximum absolute atomic E-state index is 12.8. The Morgan fingerprint density at radius 3 is 2.96 bits per heavy atom. The third-order valence-corrected chi connectivity index (χ3v) is 4.13. The van der Waals surface area contributed by atoms with Gasteiger partial charge in [0.15, 0.2) is 0 Å². The molecule has 26 heavy (non-hydrogen) atoms. The number of hydrogen-bond acceptors (Lipinski definition) is 5. The summed E-state index contributed by atoms with van der Waals surface area (Å²) >= 11 is 0. The van der Waals surface area contributed by atoms with Crippen LogP contribution < -0.4 is 4.74 Å². The fourth-order valence-corrected chi connectivity index (χ4v) is 2.77. The predicted molar refractivity (Wildman–Crippen MR) is 96.4 cm³/mol. The number of furan rings is 1. The quantitative estimate of drug-likeness (QED) is 0.654. The second kappa shape index (κ2) is 8.17. The molecule has 0 aliphatic carbocycles. The van der Waals surface area contributed by atoms with Gasteiger partial charge in [0.1, 0.15) is 11.3 Å². The van der Waals surface area contributed by atoms with Gasteiger partial charge < -0.3 is 14.1 Å². The number of fused-ring (bicyclic) bond motifs is 1. The molecule has 132 valence electrons. The highest BCUT2D eigenvalue weighted by Crippen LogP contribution is 2.26. The smallest absolute Gasteiger partial charge is 0.227 e. The Balaban J connectivity index is 1.77. The van der Waals surface area contributed by atoms with Gasteiger partial charge in [-0.05, 0) is 24.3 Å². The van der Waals surface area contributed by atoms with Crippen LogP contribution >= 0.6 is 0 Å². The monoisotopic (exact) mass is 349 g/mol. The number of carbonyl (C=O) groups is 1. The Labute approximate surface area is 151 Å². The van der Waals surface area contributed by atoms with Gasteiger partial charge in [-0.25, -0.2) is 0 Å². The van der Waals surface area contributed by atoms with E-state index in [0.717, 1.165) is 16.6 Å². The van der Waals surface area contributed by atoms with Crippen molar-refractivity contribution in [1.82, 2.24) is 9.88 Å². The first-order valence-electron chi connectivity index (χ1n) is 8.30. The minimum absolute atomic E-state index is 0.0654. The highest BCUT2D eigenvalue weighted by molar-refractivity contribution is 5.88. The first-order chi connectivity index (χ1) is 12.7. The van der Waals surface area contributed by atoms with Crippen molar-refractivity contribution in [2.45, 2.75) is 19.4 Å². The summed E-state index contributed by atoms with van der Waals surface area (Å²) in [5.41, 5.74) is 2.29. The molecule has 6 nitrogen and oxygen atoms in total. The number of aromatic nitrogens is 1. The van der Waals surface area contributed by atoms with E-state index in [1.54, 1.807) is 30.5 Å². The second-order valence-electron chi connectivity index (χ2n) is 5.84. The molecule has 3 rings (SSSR count). The predicted octanol–water partition coefficient (Wildman–Crippen LogP) is 3.32. The van der Waals surface area contributed by atoms with Gasteiger partial charge in [-0.1, -0.05) is 6.07 Å². The maximum Gasteiger partial charge on any atom is 0.227 e. The minimum Gasteiger partial charge on any atom is -0.497 e. The Kier molecular flexibility index (Phi) is 5.49. The van der Waals surface area contributed by atoms with Gasteiger partial charge in [0.2, 0.25) is 5.91 Å². The van der Waals surface area contributed by atoms with Gasteiger partial charge in [-0.3, -0.25) is 9.78 Å². The maximum atomic E-state index is 12.8. The average molecular weight is 349 g/mol. The van der Waals surface area contributed by atoms with Crippen LogP contribution in [0.5, 0.6) is 5.75 Å². The number of hydrogen-bond donors (Lipinski definition) is 0. The van der Waals surface area contributed by atoms with Crippen LogP contribution in [-0.2, 0) is 17.8 Å². The largest absolute Gasteiger partial charge is 0.497 e. The van der Waals surface area contributed by atoms with E-state index in [1.807, 2.05) is 30.3 Å². The standard InChI is InChI=1S/C20H19N3O3/c1-25-17-6-7-18-15(14-26-19(18)12-17)11-20(24)23(10-4-8-21)13-16-5-2-3-9-22-16/h2-3,5-7,9,12,14H,4,10-11,13H2,1H3. The van der Waals surface area contributed by atoms with Gasteiger partial charge >= 0.3 is 0 Å². The Morgan fingerprint density at radius 1 is 1.35 bits per heavy atom. The summed E-state index contributed by atoms with van der Waals surface area (Å²) in [6.45, 7) is 0.750. The van der Waals surface area contributed by atoms with Crippen molar-refractivity contribution >= 4 is 16.9 Å². The molecule has 2 aromatic heterocycles. The molecule has 6 heteroatoms. The van der Waals surface area contributed by atoms with Gasteiger partial charge in [-0.2, -0.15) is 5.26 Å². The van der Waals surface area contributed by atoms with Crippen LogP contribution in [0.2, 0.25) is 0 Å². The number of rotatable bonds is 7. The lowest BCUT2D eigenvalue weighted by molar-refractivity contribution is -0.131. The van der Waals surface area contributed by atoms with Crippen molar-refractivity contribution in [3.63, 3.8) is 0 Å². The SMILES string of the molecule is COc1ccc2c(CC(=O)N(CCC#N)Cc3ccccn3)coc2c1. The zero-order valence-electron chi connectivity index (χ0n) is 14.5. The van der Waals surface area contributed by atoms with Crippen molar-refractivity contribution in [3.05, 3.63) is 60.1 Å². The minimum atomic E-state index is -0.0654. The molecule has 0 saturated heterocycles. The lowest BCUT2D eigenvalue weighted by Crippen LogP contribution is -2.33.